The molecule has 0 aliphatic rings. The van der Waals surface area contributed by atoms with Crippen molar-refractivity contribution >= 4 is 34.2 Å². The van der Waals surface area contributed by atoms with Gasteiger partial charge in [0.05, 0.1) is 5.69 Å². The van der Waals surface area contributed by atoms with Gasteiger partial charge in [-0.3, -0.25) is 9.20 Å². The fourth-order valence-corrected chi connectivity index (χ4v) is 3.26. The van der Waals surface area contributed by atoms with Crippen molar-refractivity contribution in [3.8, 4) is 11.3 Å². The van der Waals surface area contributed by atoms with E-state index in [9.17, 15) is 4.79 Å². The van der Waals surface area contributed by atoms with Gasteiger partial charge in [0.15, 0.2) is 11.2 Å². The minimum atomic E-state index is 0.457. The Morgan fingerprint density at radius 3 is 2.84 bits per heavy atom. The highest BCUT2D eigenvalue weighted by Gasteiger charge is 2.14. The molecule has 3 nitrogen and oxygen atoms in total. The highest BCUT2D eigenvalue weighted by molar-refractivity contribution is 7.17. The number of halogens is 1. The van der Waals surface area contributed by atoms with E-state index in [1.165, 1.54) is 4.88 Å². The summed E-state index contributed by atoms with van der Waals surface area (Å²) in [4.78, 5) is 17.1. The smallest absolute Gasteiger partial charge is 0.195 e. The van der Waals surface area contributed by atoms with E-state index >= 15 is 0 Å². The molecule has 0 bridgehead atoms. The van der Waals surface area contributed by atoms with Crippen molar-refractivity contribution in [1.29, 1.82) is 0 Å². The lowest BCUT2D eigenvalue weighted by Crippen LogP contribution is -1.88. The van der Waals surface area contributed by atoms with E-state index in [1.54, 1.807) is 17.5 Å². The maximum Gasteiger partial charge on any atom is 0.195 e. The minimum absolute atomic E-state index is 0.457. The molecule has 3 aromatic rings. The van der Waals surface area contributed by atoms with Crippen LogP contribution in [0.25, 0.3) is 16.2 Å². The Hall–Kier alpha value is -1.65. The Morgan fingerprint density at radius 2 is 2.16 bits per heavy atom. The number of hydrogen-bond donors (Lipinski definition) is 0. The zero-order valence-corrected chi connectivity index (χ0v) is 12.0. The lowest BCUT2D eigenvalue weighted by Gasteiger charge is -2.05. The zero-order chi connectivity index (χ0) is 13.6. The summed E-state index contributed by atoms with van der Waals surface area (Å²) in [6.07, 6.45) is 2.54. The van der Waals surface area contributed by atoms with Gasteiger partial charge in [-0.1, -0.05) is 17.7 Å². The molecule has 0 aliphatic carbocycles. The monoisotopic (exact) mass is 290 g/mol. The Balaban J connectivity index is 2.27. The number of hydrogen-bond acceptors (Lipinski definition) is 3. The molecular weight excluding hydrogens is 280 g/mol. The Morgan fingerprint density at radius 1 is 1.37 bits per heavy atom. The van der Waals surface area contributed by atoms with Crippen LogP contribution in [0.3, 0.4) is 0 Å². The van der Waals surface area contributed by atoms with E-state index in [4.69, 9.17) is 11.6 Å². The number of benzene rings is 1. The number of thiazole rings is 1. The summed E-state index contributed by atoms with van der Waals surface area (Å²) < 4.78 is 1.96. The Bertz CT molecular complexity index is 788. The van der Waals surface area contributed by atoms with E-state index in [0.717, 1.165) is 33.1 Å². The molecule has 2 heterocycles. The van der Waals surface area contributed by atoms with Crippen LogP contribution in [0.2, 0.25) is 5.02 Å². The molecule has 0 unspecified atom stereocenters. The molecule has 0 amide bonds. The van der Waals surface area contributed by atoms with E-state index in [2.05, 4.69) is 18.0 Å². The highest BCUT2D eigenvalue weighted by atomic mass is 35.5. The van der Waals surface area contributed by atoms with Gasteiger partial charge in [0, 0.05) is 21.7 Å². The third-order valence-corrected chi connectivity index (χ3v) is 4.46. The molecule has 0 N–H and O–H groups in total. The van der Waals surface area contributed by atoms with Gasteiger partial charge in [-0.05, 0) is 31.5 Å². The summed E-state index contributed by atoms with van der Waals surface area (Å²) in [5.74, 6) is 0. The summed E-state index contributed by atoms with van der Waals surface area (Å²) in [6.45, 7) is 4.04. The third-order valence-electron chi connectivity index (χ3n) is 3.06. The maximum absolute atomic E-state index is 10.8. The first kappa shape index (κ1) is 12.4. The second-order valence-electron chi connectivity index (χ2n) is 4.41. The van der Waals surface area contributed by atoms with E-state index < -0.39 is 0 Å². The first-order valence-electron chi connectivity index (χ1n) is 5.80. The molecule has 19 heavy (non-hydrogen) atoms. The number of carbonyl (C=O) groups excluding carboxylic acids is 1. The third kappa shape index (κ3) is 1.97. The number of aryl methyl sites for hydroxylation is 2. The maximum atomic E-state index is 10.8. The predicted molar refractivity (Wildman–Crippen MR) is 78.4 cm³/mol. The molecule has 0 aliphatic heterocycles. The Kier molecular flexibility index (Phi) is 2.92. The van der Waals surface area contributed by atoms with Crippen LogP contribution in [-0.2, 0) is 0 Å². The van der Waals surface area contributed by atoms with Gasteiger partial charge in [-0.25, -0.2) is 4.98 Å². The lowest BCUT2D eigenvalue weighted by molar-refractivity contribution is 0.111. The van der Waals surface area contributed by atoms with Crippen molar-refractivity contribution in [3.05, 3.63) is 45.6 Å². The van der Waals surface area contributed by atoms with Crippen LogP contribution in [0.4, 0.5) is 0 Å². The first-order valence-corrected chi connectivity index (χ1v) is 7.00. The number of rotatable bonds is 2. The minimum Gasteiger partial charge on any atom is -0.296 e. The number of carbonyl (C=O) groups is 1. The number of fused-ring (bicyclic) bond motifs is 1. The van der Waals surface area contributed by atoms with Gasteiger partial charge in [0.1, 0.15) is 5.69 Å². The molecule has 0 saturated heterocycles. The summed E-state index contributed by atoms with van der Waals surface area (Å²) in [7, 11) is 0. The molecular formula is C14H11ClN2OS. The molecule has 3 rings (SSSR count). The first-order chi connectivity index (χ1) is 9.10. The van der Waals surface area contributed by atoms with Gasteiger partial charge in [0.2, 0.25) is 0 Å². The fraction of sp³-hybridized carbons (Fsp3) is 0.143. The molecule has 96 valence electrons. The number of aldehydes is 1. The van der Waals surface area contributed by atoms with Crippen LogP contribution in [-0.4, -0.2) is 15.7 Å². The predicted octanol–water partition coefficient (Wildman–Crippen LogP) is 4.15. The van der Waals surface area contributed by atoms with Gasteiger partial charge < -0.3 is 0 Å². The van der Waals surface area contributed by atoms with Crippen molar-refractivity contribution in [2.75, 3.05) is 0 Å². The van der Waals surface area contributed by atoms with Crippen LogP contribution in [0.15, 0.2) is 24.4 Å². The molecule has 0 atom stereocenters. The fourth-order valence-electron chi connectivity index (χ4n) is 2.16. The molecule has 5 heteroatoms. The number of imidazole rings is 1. The van der Waals surface area contributed by atoms with Crippen molar-refractivity contribution in [2.24, 2.45) is 0 Å². The highest BCUT2D eigenvalue weighted by Crippen LogP contribution is 2.32. The van der Waals surface area contributed by atoms with E-state index in [1.807, 2.05) is 23.5 Å². The summed E-state index contributed by atoms with van der Waals surface area (Å²) >= 11 is 7.64. The van der Waals surface area contributed by atoms with Crippen LogP contribution in [0.5, 0.6) is 0 Å². The zero-order valence-electron chi connectivity index (χ0n) is 10.5. The van der Waals surface area contributed by atoms with Crippen molar-refractivity contribution in [1.82, 2.24) is 9.38 Å². The summed E-state index contributed by atoms with van der Waals surface area (Å²) in [6, 6.07) is 5.94. The van der Waals surface area contributed by atoms with Gasteiger partial charge in [-0.2, -0.15) is 0 Å². The largest absolute Gasteiger partial charge is 0.296 e. The van der Waals surface area contributed by atoms with Crippen LogP contribution in [0, 0.1) is 13.8 Å². The topological polar surface area (TPSA) is 34.4 Å². The quantitative estimate of drug-likeness (QED) is 0.665. The van der Waals surface area contributed by atoms with Crippen LogP contribution in [0.1, 0.15) is 20.9 Å². The lowest BCUT2D eigenvalue weighted by atomic mass is 10.1. The van der Waals surface area contributed by atoms with Gasteiger partial charge in [-0.15, -0.1) is 11.3 Å². The molecule has 0 fully saturated rings. The summed E-state index contributed by atoms with van der Waals surface area (Å²) in [5.41, 5.74) is 3.65. The molecule has 0 radical (unpaired) electrons. The average Bonchev–Trinajstić information content (AvgIpc) is 2.89. The van der Waals surface area contributed by atoms with Crippen molar-refractivity contribution < 1.29 is 4.79 Å². The van der Waals surface area contributed by atoms with E-state index in [-0.39, 0.29) is 0 Å². The second kappa shape index (κ2) is 4.47. The number of aromatic nitrogens is 2. The number of nitrogens with zero attached hydrogens (tertiary/aromatic N) is 2. The molecule has 1 aromatic carbocycles. The standard InChI is InChI=1S/C14H11ClN2OS/c1-8-5-10(3-4-12(8)15)13-9(2)19-14-16-11(7-18)6-17(13)14/h3-7H,1-2H3. The molecule has 0 spiro atoms. The normalized spacial score (nSPS) is 11.1. The van der Waals surface area contributed by atoms with Gasteiger partial charge >= 0.3 is 0 Å². The molecule has 0 saturated carbocycles. The average molecular weight is 291 g/mol. The van der Waals surface area contributed by atoms with Crippen LogP contribution >= 0.6 is 22.9 Å². The summed E-state index contributed by atoms with van der Waals surface area (Å²) in [5, 5.41) is 0.757. The van der Waals surface area contributed by atoms with Crippen LogP contribution < -0.4 is 0 Å². The second-order valence-corrected chi connectivity index (χ2v) is 6.00. The SMILES string of the molecule is Cc1cc(-c2c(C)sc3nc(C=O)cn23)ccc1Cl. The van der Waals surface area contributed by atoms with Crippen molar-refractivity contribution in [3.63, 3.8) is 0 Å². The molecule has 2 aromatic heterocycles. The van der Waals surface area contributed by atoms with Crippen molar-refractivity contribution in [2.45, 2.75) is 13.8 Å². The Labute approximate surface area is 119 Å². The van der Waals surface area contributed by atoms with E-state index in [0.29, 0.717) is 5.69 Å². The van der Waals surface area contributed by atoms with Gasteiger partial charge in [0.25, 0.3) is 0 Å².